The Morgan fingerprint density at radius 1 is 1.33 bits per heavy atom. The van der Waals surface area contributed by atoms with Gasteiger partial charge < -0.3 is 19.9 Å². The molecule has 2 aliphatic rings. The number of carboxylic acids is 1. The van der Waals surface area contributed by atoms with E-state index in [0.717, 1.165) is 19.3 Å². The lowest BCUT2D eigenvalue weighted by molar-refractivity contribution is -0.155. The van der Waals surface area contributed by atoms with Crippen LogP contribution in [0.4, 0.5) is 0 Å². The van der Waals surface area contributed by atoms with Crippen molar-refractivity contribution in [1.82, 2.24) is 5.32 Å². The Bertz CT molecular complexity index is 433. The minimum atomic E-state index is -0.911. The number of rotatable bonds is 7. The summed E-state index contributed by atoms with van der Waals surface area (Å²) in [4.78, 5) is 24.1. The van der Waals surface area contributed by atoms with Crippen molar-refractivity contribution in [3.8, 4) is 0 Å². The fraction of sp³-hybridized carbons (Fsp3) is 0.889. The van der Waals surface area contributed by atoms with Gasteiger partial charge in [-0.05, 0) is 38.0 Å². The molecule has 2 rings (SSSR count). The van der Waals surface area contributed by atoms with Gasteiger partial charge in [0.15, 0.2) is 0 Å². The zero-order valence-corrected chi connectivity index (χ0v) is 14.9. The van der Waals surface area contributed by atoms with Crippen molar-refractivity contribution in [3.63, 3.8) is 0 Å². The van der Waals surface area contributed by atoms with E-state index in [-0.39, 0.29) is 18.6 Å². The predicted octanol–water partition coefficient (Wildman–Crippen LogP) is 2.36. The molecule has 1 saturated carbocycles. The van der Waals surface area contributed by atoms with Gasteiger partial charge in [-0.2, -0.15) is 0 Å². The molecule has 0 bridgehead atoms. The third-order valence-electron chi connectivity index (χ3n) is 5.41. The molecular formula is C18H31NO5. The molecule has 1 aliphatic carbocycles. The van der Waals surface area contributed by atoms with E-state index >= 15 is 0 Å². The summed E-state index contributed by atoms with van der Waals surface area (Å²) in [5, 5.41) is 12.4. The van der Waals surface area contributed by atoms with Gasteiger partial charge in [0.1, 0.15) is 6.10 Å². The van der Waals surface area contributed by atoms with E-state index < -0.39 is 17.5 Å². The van der Waals surface area contributed by atoms with Gasteiger partial charge in [-0.25, -0.2) is 0 Å². The normalized spacial score (nSPS) is 28.1. The van der Waals surface area contributed by atoms with Gasteiger partial charge in [-0.1, -0.05) is 26.7 Å². The van der Waals surface area contributed by atoms with Crippen LogP contribution in [0, 0.1) is 11.3 Å². The maximum absolute atomic E-state index is 12.5. The number of amides is 1. The Hall–Kier alpha value is -1.14. The second-order valence-corrected chi connectivity index (χ2v) is 7.34. The molecular weight excluding hydrogens is 310 g/mol. The minimum Gasteiger partial charge on any atom is -0.481 e. The highest BCUT2D eigenvalue weighted by Crippen LogP contribution is 2.30. The van der Waals surface area contributed by atoms with Crippen molar-refractivity contribution in [3.05, 3.63) is 0 Å². The number of carbonyl (C=O) groups is 2. The predicted molar refractivity (Wildman–Crippen MR) is 89.7 cm³/mol. The molecule has 1 amide bonds. The lowest BCUT2D eigenvalue weighted by Gasteiger charge is -2.34. The van der Waals surface area contributed by atoms with Crippen molar-refractivity contribution in [1.29, 1.82) is 0 Å². The fourth-order valence-electron chi connectivity index (χ4n) is 3.68. The molecule has 1 aliphatic heterocycles. The molecule has 1 saturated heterocycles. The number of nitrogens with one attached hydrogen (secondary N) is 1. The lowest BCUT2D eigenvalue weighted by Crippen LogP contribution is -2.49. The van der Waals surface area contributed by atoms with E-state index in [1.54, 1.807) is 0 Å². The van der Waals surface area contributed by atoms with Gasteiger partial charge in [0.05, 0.1) is 11.5 Å². The van der Waals surface area contributed by atoms with Crippen molar-refractivity contribution < 1.29 is 24.2 Å². The standard InChI is InChI=1S/C18H31NO5/c1-3-15(24-14-6-4-5-13(2)11-14)16(20)19-12-18(17(21)22)7-9-23-10-8-18/h13-15H,3-12H2,1-2H3,(H,19,20)(H,21,22). The summed E-state index contributed by atoms with van der Waals surface area (Å²) >= 11 is 0. The molecule has 0 radical (unpaired) electrons. The van der Waals surface area contributed by atoms with Crippen LogP contribution in [-0.4, -0.2) is 48.9 Å². The van der Waals surface area contributed by atoms with Crippen molar-refractivity contribution in [2.24, 2.45) is 11.3 Å². The second-order valence-electron chi connectivity index (χ2n) is 7.34. The monoisotopic (exact) mass is 341 g/mol. The first-order valence-electron chi connectivity index (χ1n) is 9.21. The number of aliphatic carboxylic acids is 1. The topological polar surface area (TPSA) is 84.9 Å². The summed E-state index contributed by atoms with van der Waals surface area (Å²) in [6, 6.07) is 0. The number of hydrogen-bond donors (Lipinski definition) is 2. The molecule has 24 heavy (non-hydrogen) atoms. The average molecular weight is 341 g/mol. The average Bonchev–Trinajstić information content (AvgIpc) is 2.58. The van der Waals surface area contributed by atoms with Crippen LogP contribution in [-0.2, 0) is 19.1 Å². The quantitative estimate of drug-likeness (QED) is 0.742. The van der Waals surface area contributed by atoms with Gasteiger partial charge in [0.25, 0.3) is 0 Å². The largest absolute Gasteiger partial charge is 0.481 e. The van der Waals surface area contributed by atoms with Crippen molar-refractivity contribution in [2.75, 3.05) is 19.8 Å². The van der Waals surface area contributed by atoms with Gasteiger partial charge in [-0.3, -0.25) is 9.59 Å². The lowest BCUT2D eigenvalue weighted by atomic mass is 9.80. The molecule has 138 valence electrons. The maximum atomic E-state index is 12.5. The Balaban J connectivity index is 1.87. The molecule has 3 unspecified atom stereocenters. The fourth-order valence-corrected chi connectivity index (χ4v) is 3.68. The highest BCUT2D eigenvalue weighted by Gasteiger charge is 2.41. The van der Waals surface area contributed by atoms with Crippen LogP contribution < -0.4 is 5.32 Å². The third kappa shape index (κ3) is 4.93. The van der Waals surface area contributed by atoms with E-state index in [1.807, 2.05) is 6.92 Å². The first-order valence-corrected chi connectivity index (χ1v) is 9.21. The maximum Gasteiger partial charge on any atom is 0.311 e. The summed E-state index contributed by atoms with van der Waals surface area (Å²) in [7, 11) is 0. The number of carbonyl (C=O) groups excluding carboxylic acids is 1. The Morgan fingerprint density at radius 2 is 2.04 bits per heavy atom. The Labute approximate surface area is 144 Å². The molecule has 2 N–H and O–H groups in total. The summed E-state index contributed by atoms with van der Waals surface area (Å²) in [6.07, 6.45) is 5.48. The third-order valence-corrected chi connectivity index (χ3v) is 5.41. The molecule has 0 aromatic heterocycles. The summed E-state index contributed by atoms with van der Waals surface area (Å²) in [6.45, 7) is 5.15. The van der Waals surface area contributed by atoms with Crippen molar-refractivity contribution >= 4 is 11.9 Å². The number of ether oxygens (including phenoxy) is 2. The first-order chi connectivity index (χ1) is 11.5. The summed E-state index contributed by atoms with van der Waals surface area (Å²) in [5.41, 5.74) is -0.911. The van der Waals surface area contributed by atoms with Gasteiger partial charge in [-0.15, -0.1) is 0 Å². The molecule has 0 aromatic carbocycles. The van der Waals surface area contributed by atoms with Gasteiger partial charge in [0.2, 0.25) is 5.91 Å². The number of carboxylic acid groups (broad SMARTS) is 1. The smallest absolute Gasteiger partial charge is 0.311 e. The van der Waals surface area contributed by atoms with E-state index in [0.29, 0.717) is 38.4 Å². The van der Waals surface area contributed by atoms with E-state index in [4.69, 9.17) is 9.47 Å². The molecule has 0 spiro atoms. The Morgan fingerprint density at radius 3 is 2.62 bits per heavy atom. The van der Waals surface area contributed by atoms with E-state index in [1.165, 1.54) is 6.42 Å². The van der Waals surface area contributed by atoms with Crippen LogP contribution >= 0.6 is 0 Å². The highest BCUT2D eigenvalue weighted by molar-refractivity contribution is 5.82. The summed E-state index contributed by atoms with van der Waals surface area (Å²) in [5.74, 6) is -0.411. The van der Waals surface area contributed by atoms with Crippen LogP contribution in [0.1, 0.15) is 58.8 Å². The van der Waals surface area contributed by atoms with Crippen LogP contribution in [0.2, 0.25) is 0 Å². The van der Waals surface area contributed by atoms with Crippen LogP contribution in [0.5, 0.6) is 0 Å². The molecule has 1 heterocycles. The minimum absolute atomic E-state index is 0.140. The van der Waals surface area contributed by atoms with Gasteiger partial charge in [0, 0.05) is 19.8 Å². The SMILES string of the molecule is CCC(OC1CCCC(C)C1)C(=O)NCC1(C(=O)O)CCOCC1. The van der Waals surface area contributed by atoms with Gasteiger partial charge >= 0.3 is 5.97 Å². The molecule has 6 nitrogen and oxygen atoms in total. The second kappa shape index (κ2) is 8.81. The van der Waals surface area contributed by atoms with Crippen molar-refractivity contribution in [2.45, 2.75) is 71.0 Å². The molecule has 6 heteroatoms. The van der Waals surface area contributed by atoms with E-state index in [9.17, 15) is 14.7 Å². The zero-order chi connectivity index (χ0) is 17.6. The summed E-state index contributed by atoms with van der Waals surface area (Å²) < 4.78 is 11.3. The first kappa shape index (κ1) is 19.2. The molecule has 3 atom stereocenters. The zero-order valence-electron chi connectivity index (χ0n) is 14.9. The highest BCUT2D eigenvalue weighted by atomic mass is 16.5. The Kier molecular flexibility index (Phi) is 7.04. The van der Waals surface area contributed by atoms with Crippen LogP contribution in [0.3, 0.4) is 0 Å². The molecule has 0 aromatic rings. The van der Waals surface area contributed by atoms with Crippen LogP contribution in [0.15, 0.2) is 0 Å². The van der Waals surface area contributed by atoms with E-state index in [2.05, 4.69) is 12.2 Å². The van der Waals surface area contributed by atoms with Crippen LogP contribution in [0.25, 0.3) is 0 Å². The molecule has 2 fully saturated rings. The number of hydrogen-bond acceptors (Lipinski definition) is 4.